The van der Waals surface area contributed by atoms with Gasteiger partial charge < -0.3 is 5.11 Å². The van der Waals surface area contributed by atoms with Crippen LogP contribution in [0.3, 0.4) is 0 Å². The molecule has 0 aliphatic carbocycles. The van der Waals surface area contributed by atoms with Gasteiger partial charge in [0.25, 0.3) is 0 Å². The molecule has 2 rings (SSSR count). The number of carboxylic acids is 1. The third kappa shape index (κ3) is 3.29. The van der Waals surface area contributed by atoms with Gasteiger partial charge in [-0.25, -0.2) is 0 Å². The molecule has 0 saturated carbocycles. The van der Waals surface area contributed by atoms with Gasteiger partial charge in [-0.2, -0.15) is 0 Å². The lowest BCUT2D eigenvalue weighted by molar-refractivity contribution is -0.143. The highest BCUT2D eigenvalue weighted by Crippen LogP contribution is 2.19. The molecule has 1 aromatic heterocycles. The van der Waals surface area contributed by atoms with E-state index in [1.165, 1.54) is 0 Å². The summed E-state index contributed by atoms with van der Waals surface area (Å²) >= 11 is 0. The van der Waals surface area contributed by atoms with Crippen molar-refractivity contribution in [1.82, 2.24) is 9.88 Å². The monoisotopic (exact) mass is 248 g/mol. The Balaban J connectivity index is 2.11. The van der Waals surface area contributed by atoms with Gasteiger partial charge in [0, 0.05) is 18.9 Å². The first-order valence-corrected chi connectivity index (χ1v) is 6.54. The molecule has 0 bridgehead atoms. The highest BCUT2D eigenvalue weighted by molar-refractivity contribution is 5.73. The van der Waals surface area contributed by atoms with Crippen molar-refractivity contribution in [3.8, 4) is 0 Å². The van der Waals surface area contributed by atoms with Crippen LogP contribution in [-0.2, 0) is 11.3 Å². The standard InChI is InChI=1S/C14H20N2O2/c1-11-7-12(9-15-8-11)10-16-6-4-2-3-5-13(16)14(17)18/h7-9,13H,2-6,10H2,1H3,(H,17,18). The fraction of sp³-hybridized carbons (Fsp3) is 0.571. The summed E-state index contributed by atoms with van der Waals surface area (Å²) in [5.41, 5.74) is 2.22. The lowest BCUT2D eigenvalue weighted by Gasteiger charge is -2.26. The molecule has 1 aliphatic rings. The van der Waals surface area contributed by atoms with Crippen molar-refractivity contribution in [2.75, 3.05) is 6.54 Å². The predicted molar refractivity (Wildman–Crippen MR) is 69.3 cm³/mol. The maximum atomic E-state index is 11.3. The van der Waals surface area contributed by atoms with E-state index >= 15 is 0 Å². The molecule has 0 aromatic carbocycles. The summed E-state index contributed by atoms with van der Waals surface area (Å²) in [4.78, 5) is 17.6. The van der Waals surface area contributed by atoms with E-state index in [0.717, 1.165) is 43.4 Å². The first-order valence-electron chi connectivity index (χ1n) is 6.54. The normalized spacial score (nSPS) is 21.5. The zero-order chi connectivity index (χ0) is 13.0. The van der Waals surface area contributed by atoms with E-state index in [1.54, 1.807) is 0 Å². The second-order valence-corrected chi connectivity index (χ2v) is 5.04. The molecule has 0 spiro atoms. The number of aryl methyl sites for hydroxylation is 1. The first-order chi connectivity index (χ1) is 8.66. The smallest absolute Gasteiger partial charge is 0.320 e. The third-order valence-electron chi connectivity index (χ3n) is 3.47. The van der Waals surface area contributed by atoms with Crippen molar-refractivity contribution in [3.05, 3.63) is 29.6 Å². The van der Waals surface area contributed by atoms with Crippen LogP contribution in [0.5, 0.6) is 0 Å². The lowest BCUT2D eigenvalue weighted by Crippen LogP contribution is -2.40. The van der Waals surface area contributed by atoms with Gasteiger partial charge in [-0.15, -0.1) is 0 Å². The van der Waals surface area contributed by atoms with E-state index in [1.807, 2.05) is 19.3 Å². The largest absolute Gasteiger partial charge is 0.480 e. The zero-order valence-electron chi connectivity index (χ0n) is 10.8. The number of pyridine rings is 1. The van der Waals surface area contributed by atoms with Crippen LogP contribution in [0.2, 0.25) is 0 Å². The van der Waals surface area contributed by atoms with Crippen molar-refractivity contribution in [1.29, 1.82) is 0 Å². The Morgan fingerprint density at radius 3 is 3.00 bits per heavy atom. The molecular weight excluding hydrogens is 228 g/mol. The number of rotatable bonds is 3. The Hall–Kier alpha value is -1.42. The molecule has 1 atom stereocenters. The number of aliphatic carboxylic acids is 1. The summed E-state index contributed by atoms with van der Waals surface area (Å²) in [5, 5.41) is 9.31. The van der Waals surface area contributed by atoms with E-state index in [0.29, 0.717) is 6.54 Å². The topological polar surface area (TPSA) is 53.4 Å². The van der Waals surface area contributed by atoms with Crippen molar-refractivity contribution in [3.63, 3.8) is 0 Å². The molecule has 1 fully saturated rings. The summed E-state index contributed by atoms with van der Waals surface area (Å²) in [6, 6.07) is 1.74. The molecule has 0 radical (unpaired) electrons. The van der Waals surface area contributed by atoms with E-state index < -0.39 is 5.97 Å². The molecule has 4 heteroatoms. The molecule has 1 aromatic rings. The Morgan fingerprint density at radius 1 is 1.44 bits per heavy atom. The van der Waals surface area contributed by atoms with Crippen LogP contribution in [0.1, 0.15) is 36.8 Å². The number of likely N-dealkylation sites (tertiary alicyclic amines) is 1. The van der Waals surface area contributed by atoms with Gasteiger partial charge in [0.2, 0.25) is 0 Å². The number of hydrogen-bond acceptors (Lipinski definition) is 3. The van der Waals surface area contributed by atoms with Crippen molar-refractivity contribution in [2.45, 2.75) is 45.2 Å². The number of nitrogens with zero attached hydrogens (tertiary/aromatic N) is 2. The van der Waals surface area contributed by atoms with Crippen molar-refractivity contribution < 1.29 is 9.90 Å². The maximum Gasteiger partial charge on any atom is 0.320 e. The van der Waals surface area contributed by atoms with E-state index in [2.05, 4.69) is 16.0 Å². The van der Waals surface area contributed by atoms with Crippen LogP contribution in [0.15, 0.2) is 18.5 Å². The molecule has 1 N–H and O–H groups in total. The fourth-order valence-electron chi connectivity index (χ4n) is 2.58. The quantitative estimate of drug-likeness (QED) is 0.891. The molecule has 1 saturated heterocycles. The second-order valence-electron chi connectivity index (χ2n) is 5.04. The van der Waals surface area contributed by atoms with Gasteiger partial charge in [-0.05, 0) is 37.4 Å². The molecule has 18 heavy (non-hydrogen) atoms. The summed E-state index contributed by atoms with van der Waals surface area (Å²) in [6.07, 6.45) is 7.64. The van der Waals surface area contributed by atoms with Gasteiger partial charge in [-0.1, -0.05) is 18.9 Å². The SMILES string of the molecule is Cc1cncc(CN2CCCCCC2C(=O)O)c1. The molecule has 0 amide bonds. The average Bonchev–Trinajstić information content (AvgIpc) is 2.54. The molecule has 1 aliphatic heterocycles. The van der Waals surface area contributed by atoms with Gasteiger partial charge in [0.1, 0.15) is 6.04 Å². The lowest BCUT2D eigenvalue weighted by atomic mass is 10.1. The molecule has 4 nitrogen and oxygen atoms in total. The van der Waals surface area contributed by atoms with E-state index in [4.69, 9.17) is 0 Å². The Morgan fingerprint density at radius 2 is 2.28 bits per heavy atom. The van der Waals surface area contributed by atoms with Gasteiger partial charge in [-0.3, -0.25) is 14.7 Å². The van der Waals surface area contributed by atoms with Crippen molar-refractivity contribution in [2.24, 2.45) is 0 Å². The molecule has 1 unspecified atom stereocenters. The summed E-state index contributed by atoms with van der Waals surface area (Å²) in [6.45, 7) is 3.56. The van der Waals surface area contributed by atoms with Gasteiger partial charge in [0.15, 0.2) is 0 Å². The Labute approximate surface area is 108 Å². The van der Waals surface area contributed by atoms with Gasteiger partial charge >= 0.3 is 5.97 Å². The Kier molecular flexibility index (Phi) is 4.31. The van der Waals surface area contributed by atoms with E-state index in [9.17, 15) is 9.90 Å². The van der Waals surface area contributed by atoms with Crippen LogP contribution in [-0.4, -0.2) is 33.5 Å². The summed E-state index contributed by atoms with van der Waals surface area (Å²) in [7, 11) is 0. The second kappa shape index (κ2) is 5.96. The van der Waals surface area contributed by atoms with Crippen LogP contribution < -0.4 is 0 Å². The molecule has 98 valence electrons. The summed E-state index contributed by atoms with van der Waals surface area (Å²) in [5.74, 6) is -0.697. The minimum atomic E-state index is -0.697. The molecular formula is C14H20N2O2. The Bertz CT molecular complexity index is 420. The van der Waals surface area contributed by atoms with Gasteiger partial charge in [0.05, 0.1) is 0 Å². The van der Waals surface area contributed by atoms with Crippen molar-refractivity contribution >= 4 is 5.97 Å². The fourth-order valence-corrected chi connectivity index (χ4v) is 2.58. The number of aromatic nitrogens is 1. The van der Waals surface area contributed by atoms with Crippen LogP contribution in [0.25, 0.3) is 0 Å². The third-order valence-corrected chi connectivity index (χ3v) is 3.47. The molecule has 2 heterocycles. The van der Waals surface area contributed by atoms with E-state index in [-0.39, 0.29) is 6.04 Å². The number of hydrogen-bond donors (Lipinski definition) is 1. The minimum Gasteiger partial charge on any atom is -0.480 e. The van der Waals surface area contributed by atoms with Crippen LogP contribution in [0, 0.1) is 6.92 Å². The predicted octanol–water partition coefficient (Wildman–Crippen LogP) is 2.22. The number of carboxylic acid groups (broad SMARTS) is 1. The van der Waals surface area contributed by atoms with Crippen LogP contribution in [0.4, 0.5) is 0 Å². The minimum absolute atomic E-state index is 0.340. The highest BCUT2D eigenvalue weighted by Gasteiger charge is 2.26. The highest BCUT2D eigenvalue weighted by atomic mass is 16.4. The van der Waals surface area contributed by atoms with Crippen LogP contribution >= 0.6 is 0 Å². The zero-order valence-corrected chi connectivity index (χ0v) is 10.8. The number of carbonyl (C=O) groups is 1. The first kappa shape index (κ1) is 13.0. The summed E-state index contributed by atoms with van der Waals surface area (Å²) < 4.78 is 0. The average molecular weight is 248 g/mol. The maximum absolute atomic E-state index is 11.3.